The van der Waals surface area contributed by atoms with Gasteiger partial charge in [0, 0.05) is 18.1 Å². The fraction of sp³-hybridized carbons (Fsp3) is 0.857. The van der Waals surface area contributed by atoms with Gasteiger partial charge in [0.05, 0.1) is 6.04 Å². The number of nitrogens with zero attached hydrogens (tertiary/aromatic N) is 1. The predicted molar refractivity (Wildman–Crippen MR) is 73.8 cm³/mol. The molecule has 3 nitrogen and oxygen atoms in total. The van der Waals surface area contributed by atoms with E-state index in [-0.39, 0.29) is 11.6 Å². The van der Waals surface area contributed by atoms with Gasteiger partial charge >= 0.3 is 0 Å². The zero-order valence-electron chi connectivity index (χ0n) is 11.5. The van der Waals surface area contributed by atoms with Crippen LogP contribution in [0.25, 0.3) is 0 Å². The molecule has 3 unspecified atom stereocenters. The van der Waals surface area contributed by atoms with Crippen molar-refractivity contribution in [1.82, 2.24) is 10.2 Å². The van der Waals surface area contributed by atoms with Crippen LogP contribution in [0.3, 0.4) is 0 Å². The quantitative estimate of drug-likeness (QED) is 0.706. The van der Waals surface area contributed by atoms with Crippen LogP contribution >= 0.6 is 0 Å². The van der Waals surface area contributed by atoms with E-state index in [2.05, 4.69) is 37.0 Å². The Hall–Kier alpha value is -0.560. The number of hydrogen-bond donors (Lipinski definition) is 2. The Bertz CT molecular complexity index is 271. The number of rotatable bonds is 5. The molecule has 1 fully saturated rings. The third-order valence-corrected chi connectivity index (χ3v) is 4.03. The Morgan fingerprint density at radius 2 is 2.35 bits per heavy atom. The van der Waals surface area contributed by atoms with Gasteiger partial charge in [-0.3, -0.25) is 5.32 Å². The first-order chi connectivity index (χ1) is 8.06. The molecule has 0 bridgehead atoms. The predicted octanol–water partition coefficient (Wildman–Crippen LogP) is 1.19. The van der Waals surface area contributed by atoms with Crippen molar-refractivity contribution >= 4 is 0 Å². The van der Waals surface area contributed by atoms with Crippen molar-refractivity contribution in [2.24, 2.45) is 5.73 Å². The van der Waals surface area contributed by atoms with Gasteiger partial charge in [0.2, 0.25) is 0 Å². The highest BCUT2D eigenvalue weighted by atomic mass is 15.2. The minimum atomic E-state index is 0.0398. The van der Waals surface area contributed by atoms with Crippen molar-refractivity contribution in [3.8, 4) is 12.3 Å². The second-order valence-electron chi connectivity index (χ2n) is 5.42. The zero-order valence-corrected chi connectivity index (χ0v) is 11.5. The Balaban J connectivity index is 2.66. The molecule has 3 atom stereocenters. The Morgan fingerprint density at radius 3 is 2.82 bits per heavy atom. The van der Waals surface area contributed by atoms with E-state index in [9.17, 15) is 0 Å². The van der Waals surface area contributed by atoms with E-state index in [1.807, 2.05) is 0 Å². The second kappa shape index (κ2) is 6.39. The molecule has 0 radical (unpaired) electrons. The molecule has 0 aliphatic carbocycles. The molecule has 1 heterocycles. The van der Waals surface area contributed by atoms with Crippen LogP contribution in [0.15, 0.2) is 0 Å². The molecule has 0 aromatic carbocycles. The first kappa shape index (κ1) is 14.5. The molecule has 1 rings (SSSR count). The van der Waals surface area contributed by atoms with E-state index < -0.39 is 0 Å². The van der Waals surface area contributed by atoms with E-state index in [4.69, 9.17) is 12.2 Å². The van der Waals surface area contributed by atoms with E-state index in [1.54, 1.807) is 0 Å². The average molecular weight is 237 g/mol. The van der Waals surface area contributed by atoms with Crippen LogP contribution < -0.4 is 11.1 Å². The van der Waals surface area contributed by atoms with E-state index >= 15 is 0 Å². The monoisotopic (exact) mass is 237 g/mol. The number of piperidine rings is 1. The van der Waals surface area contributed by atoms with Crippen LogP contribution in [0.5, 0.6) is 0 Å². The molecule has 0 spiro atoms. The van der Waals surface area contributed by atoms with Gasteiger partial charge in [-0.1, -0.05) is 19.3 Å². The van der Waals surface area contributed by atoms with Crippen molar-refractivity contribution in [1.29, 1.82) is 0 Å². The summed E-state index contributed by atoms with van der Waals surface area (Å²) in [6, 6.07) is 0.735. The third kappa shape index (κ3) is 3.70. The maximum Gasteiger partial charge on any atom is 0.0691 e. The van der Waals surface area contributed by atoms with Gasteiger partial charge in [0.1, 0.15) is 0 Å². The lowest BCUT2D eigenvalue weighted by molar-refractivity contribution is 0.106. The van der Waals surface area contributed by atoms with Gasteiger partial charge in [-0.15, -0.1) is 6.42 Å². The number of hydrogen-bond acceptors (Lipinski definition) is 3. The number of likely N-dealkylation sites (tertiary alicyclic amines) is 1. The first-order valence-corrected chi connectivity index (χ1v) is 6.71. The number of terminal acetylenes is 1. The lowest BCUT2D eigenvalue weighted by Gasteiger charge is -2.45. The summed E-state index contributed by atoms with van der Waals surface area (Å²) < 4.78 is 0. The van der Waals surface area contributed by atoms with Gasteiger partial charge in [-0.05, 0) is 39.8 Å². The minimum absolute atomic E-state index is 0.0398. The maximum absolute atomic E-state index is 6.00. The van der Waals surface area contributed by atoms with Crippen LogP contribution in [-0.4, -0.2) is 42.7 Å². The van der Waals surface area contributed by atoms with Crippen molar-refractivity contribution in [2.75, 3.05) is 20.1 Å². The lowest BCUT2D eigenvalue weighted by atomic mass is 9.83. The minimum Gasteiger partial charge on any atom is -0.329 e. The summed E-state index contributed by atoms with van der Waals surface area (Å²) in [5.74, 6) is 2.86. The zero-order chi connectivity index (χ0) is 12.9. The Kier molecular flexibility index (Phi) is 5.45. The largest absolute Gasteiger partial charge is 0.329 e. The standard InChI is InChI=1S/C14H27N3/c1-5-7-13(6-2)16-14(11-15)8-9-17(4)12(3)10-14/h2,12-13,16H,5,7-11,15H2,1,3-4H3. The second-order valence-corrected chi connectivity index (χ2v) is 5.42. The van der Waals surface area contributed by atoms with E-state index in [0.717, 1.165) is 32.2 Å². The van der Waals surface area contributed by atoms with Crippen LogP contribution in [-0.2, 0) is 0 Å². The normalized spacial score (nSPS) is 32.1. The number of nitrogens with one attached hydrogen (secondary N) is 1. The van der Waals surface area contributed by atoms with Crippen LogP contribution in [0.1, 0.15) is 39.5 Å². The number of nitrogens with two attached hydrogens (primary N) is 1. The van der Waals surface area contributed by atoms with Gasteiger partial charge in [-0.25, -0.2) is 0 Å². The van der Waals surface area contributed by atoms with Crippen molar-refractivity contribution < 1.29 is 0 Å². The van der Waals surface area contributed by atoms with Crippen molar-refractivity contribution in [3.63, 3.8) is 0 Å². The third-order valence-electron chi connectivity index (χ3n) is 4.03. The molecular formula is C14H27N3. The van der Waals surface area contributed by atoms with E-state index in [0.29, 0.717) is 12.6 Å². The van der Waals surface area contributed by atoms with Gasteiger partial charge < -0.3 is 10.6 Å². The Morgan fingerprint density at radius 1 is 1.65 bits per heavy atom. The molecule has 17 heavy (non-hydrogen) atoms. The van der Waals surface area contributed by atoms with Crippen LogP contribution in [0.2, 0.25) is 0 Å². The summed E-state index contributed by atoms with van der Waals surface area (Å²) in [6.45, 7) is 6.19. The molecular weight excluding hydrogens is 210 g/mol. The topological polar surface area (TPSA) is 41.3 Å². The summed E-state index contributed by atoms with van der Waals surface area (Å²) in [5, 5.41) is 3.63. The Labute approximate surface area is 106 Å². The fourth-order valence-corrected chi connectivity index (χ4v) is 2.66. The molecule has 0 amide bonds. The molecule has 3 N–H and O–H groups in total. The molecule has 0 aromatic rings. The SMILES string of the molecule is C#CC(CCC)NC1(CN)CCN(C)C(C)C1. The van der Waals surface area contributed by atoms with Gasteiger partial charge in [-0.2, -0.15) is 0 Å². The van der Waals surface area contributed by atoms with Crippen LogP contribution in [0.4, 0.5) is 0 Å². The molecule has 0 saturated carbocycles. The molecule has 0 aromatic heterocycles. The smallest absolute Gasteiger partial charge is 0.0691 e. The summed E-state index contributed by atoms with van der Waals surface area (Å²) >= 11 is 0. The molecule has 3 heteroatoms. The first-order valence-electron chi connectivity index (χ1n) is 6.71. The lowest BCUT2D eigenvalue weighted by Crippen LogP contribution is -2.61. The van der Waals surface area contributed by atoms with E-state index in [1.165, 1.54) is 0 Å². The highest BCUT2D eigenvalue weighted by Crippen LogP contribution is 2.26. The molecule has 1 saturated heterocycles. The summed E-state index contributed by atoms with van der Waals surface area (Å²) in [5.41, 5.74) is 6.04. The molecule has 1 aliphatic heterocycles. The van der Waals surface area contributed by atoms with Crippen molar-refractivity contribution in [3.05, 3.63) is 0 Å². The van der Waals surface area contributed by atoms with Gasteiger partial charge in [0.25, 0.3) is 0 Å². The van der Waals surface area contributed by atoms with Gasteiger partial charge in [0.15, 0.2) is 0 Å². The van der Waals surface area contributed by atoms with Crippen LogP contribution in [0, 0.1) is 12.3 Å². The fourth-order valence-electron chi connectivity index (χ4n) is 2.66. The summed E-state index contributed by atoms with van der Waals surface area (Å²) in [4.78, 5) is 2.39. The molecule has 98 valence electrons. The molecule has 1 aliphatic rings. The average Bonchev–Trinajstić information content (AvgIpc) is 2.33. The highest BCUT2D eigenvalue weighted by Gasteiger charge is 2.36. The summed E-state index contributed by atoms with van der Waals surface area (Å²) in [6.07, 6.45) is 9.90. The highest BCUT2D eigenvalue weighted by molar-refractivity contribution is 5.06. The van der Waals surface area contributed by atoms with Crippen molar-refractivity contribution in [2.45, 2.75) is 57.2 Å². The maximum atomic E-state index is 6.00. The summed E-state index contributed by atoms with van der Waals surface area (Å²) in [7, 11) is 2.18.